The van der Waals surface area contributed by atoms with Gasteiger partial charge in [0.1, 0.15) is 5.75 Å². The van der Waals surface area contributed by atoms with Gasteiger partial charge in [-0.1, -0.05) is 115 Å². The standard InChI is InChI=1S/C37H31NO3S/c1-26-17-23-31(24-18-26)42(39,40)38-37-33-16-10-9-15-32(33)35(29-13-7-4-8-14-29)36(37)34(25-27-11-5-3-6-12-27)28-19-21-30(41-2)22-20-28/h3-25,37-38H,1-2H3/b34-25+. The second kappa shape index (κ2) is 11.6. The van der Waals surface area contributed by atoms with Crippen molar-refractivity contribution in [1.82, 2.24) is 4.72 Å². The molecule has 4 nitrogen and oxygen atoms in total. The van der Waals surface area contributed by atoms with Gasteiger partial charge in [-0.2, -0.15) is 4.72 Å². The summed E-state index contributed by atoms with van der Waals surface area (Å²) in [5.74, 6) is 0.751. The molecule has 1 aliphatic carbocycles. The molecular formula is C37H31NO3S. The van der Waals surface area contributed by atoms with E-state index in [0.717, 1.165) is 55.8 Å². The maximum absolute atomic E-state index is 13.9. The predicted molar refractivity (Wildman–Crippen MR) is 170 cm³/mol. The van der Waals surface area contributed by atoms with Crippen LogP contribution >= 0.6 is 0 Å². The van der Waals surface area contributed by atoms with E-state index < -0.39 is 16.1 Å². The second-order valence-corrected chi connectivity index (χ2v) is 12.0. The summed E-state index contributed by atoms with van der Waals surface area (Å²) in [7, 11) is -2.22. The van der Waals surface area contributed by atoms with Crippen LogP contribution in [0.15, 0.2) is 144 Å². The molecule has 0 amide bonds. The zero-order valence-corrected chi connectivity index (χ0v) is 24.3. The van der Waals surface area contributed by atoms with Gasteiger partial charge in [-0.3, -0.25) is 0 Å². The Kier molecular flexibility index (Phi) is 7.62. The lowest BCUT2D eigenvalue weighted by molar-refractivity contribution is 0.415. The summed E-state index contributed by atoms with van der Waals surface area (Å²) in [6.07, 6.45) is 2.14. The van der Waals surface area contributed by atoms with Crippen molar-refractivity contribution in [2.45, 2.75) is 17.9 Å². The molecule has 5 aromatic carbocycles. The van der Waals surface area contributed by atoms with Crippen molar-refractivity contribution in [2.24, 2.45) is 0 Å². The molecule has 0 spiro atoms. The van der Waals surface area contributed by atoms with Crippen LogP contribution in [0.25, 0.3) is 17.2 Å². The van der Waals surface area contributed by atoms with E-state index in [4.69, 9.17) is 4.74 Å². The number of nitrogens with one attached hydrogen (secondary N) is 1. The first-order valence-electron chi connectivity index (χ1n) is 13.8. The van der Waals surface area contributed by atoms with Gasteiger partial charge < -0.3 is 4.74 Å². The third-order valence-electron chi connectivity index (χ3n) is 7.57. The van der Waals surface area contributed by atoms with Crippen LogP contribution in [0.5, 0.6) is 5.75 Å². The highest BCUT2D eigenvalue weighted by atomic mass is 32.2. The quantitative estimate of drug-likeness (QED) is 0.192. The van der Waals surface area contributed by atoms with E-state index in [9.17, 15) is 8.42 Å². The smallest absolute Gasteiger partial charge is 0.241 e. The highest BCUT2D eigenvalue weighted by molar-refractivity contribution is 7.89. The van der Waals surface area contributed by atoms with E-state index >= 15 is 0 Å². The van der Waals surface area contributed by atoms with Crippen LogP contribution in [0, 0.1) is 6.92 Å². The normalized spacial score (nSPS) is 15.0. The third kappa shape index (κ3) is 5.45. The molecule has 1 N–H and O–H groups in total. The number of hydrogen-bond acceptors (Lipinski definition) is 3. The first-order valence-corrected chi connectivity index (χ1v) is 15.3. The molecule has 42 heavy (non-hydrogen) atoms. The number of benzene rings is 5. The van der Waals surface area contributed by atoms with Crippen molar-refractivity contribution >= 4 is 27.2 Å². The Labute approximate surface area is 247 Å². The Morgan fingerprint density at radius 1 is 0.738 bits per heavy atom. The lowest BCUT2D eigenvalue weighted by atomic mass is 9.88. The Hall–Kier alpha value is -4.71. The highest BCUT2D eigenvalue weighted by Gasteiger charge is 2.37. The first-order chi connectivity index (χ1) is 20.4. The minimum atomic E-state index is -3.87. The van der Waals surface area contributed by atoms with E-state index in [0.29, 0.717) is 0 Å². The molecule has 208 valence electrons. The number of fused-ring (bicyclic) bond motifs is 1. The SMILES string of the molecule is COc1ccc(/C(=C\c2ccccc2)C2=C(c3ccccc3)c3ccccc3C2NS(=O)(=O)c2ccc(C)cc2)cc1. The average molecular weight is 570 g/mol. The van der Waals surface area contributed by atoms with Crippen molar-refractivity contribution in [2.75, 3.05) is 7.11 Å². The molecule has 0 bridgehead atoms. The minimum Gasteiger partial charge on any atom is -0.497 e. The maximum Gasteiger partial charge on any atom is 0.241 e. The molecule has 0 radical (unpaired) electrons. The molecule has 0 fully saturated rings. The average Bonchev–Trinajstić information content (AvgIpc) is 3.34. The van der Waals surface area contributed by atoms with Gasteiger partial charge in [-0.25, -0.2) is 8.42 Å². The van der Waals surface area contributed by atoms with E-state index in [2.05, 4.69) is 41.1 Å². The van der Waals surface area contributed by atoms with Gasteiger partial charge in [0.15, 0.2) is 0 Å². The van der Waals surface area contributed by atoms with Crippen LogP contribution in [-0.4, -0.2) is 15.5 Å². The molecule has 0 heterocycles. The number of sulfonamides is 1. The molecule has 5 heteroatoms. The number of aryl methyl sites for hydroxylation is 1. The maximum atomic E-state index is 13.9. The summed E-state index contributed by atoms with van der Waals surface area (Å²) in [4.78, 5) is 0.233. The highest BCUT2D eigenvalue weighted by Crippen LogP contribution is 2.50. The fourth-order valence-electron chi connectivity index (χ4n) is 5.49. The predicted octanol–water partition coefficient (Wildman–Crippen LogP) is 8.08. The lowest BCUT2D eigenvalue weighted by Gasteiger charge is -2.22. The Bertz CT molecular complexity index is 1880. The Morgan fingerprint density at radius 3 is 2.02 bits per heavy atom. The molecule has 1 aliphatic rings. The molecule has 0 saturated carbocycles. The van der Waals surface area contributed by atoms with Crippen molar-refractivity contribution in [1.29, 1.82) is 0 Å². The Morgan fingerprint density at radius 2 is 1.36 bits per heavy atom. The monoisotopic (exact) mass is 569 g/mol. The van der Waals surface area contributed by atoms with E-state index in [1.165, 1.54) is 0 Å². The van der Waals surface area contributed by atoms with Crippen LogP contribution in [0.1, 0.15) is 39.4 Å². The van der Waals surface area contributed by atoms with Gasteiger partial charge in [-0.15, -0.1) is 0 Å². The molecule has 0 aromatic heterocycles. The molecule has 1 unspecified atom stereocenters. The summed E-state index contributed by atoms with van der Waals surface area (Å²) in [6, 6.07) is 42.6. The molecule has 0 aliphatic heterocycles. The van der Waals surface area contributed by atoms with Crippen molar-refractivity contribution in [3.63, 3.8) is 0 Å². The molecule has 6 rings (SSSR count). The van der Waals surface area contributed by atoms with Crippen LogP contribution < -0.4 is 9.46 Å². The number of methoxy groups -OCH3 is 1. The summed E-state index contributed by atoms with van der Waals surface area (Å²) in [5, 5.41) is 0. The number of hydrogen-bond donors (Lipinski definition) is 1. The van der Waals surface area contributed by atoms with Gasteiger partial charge in [0.25, 0.3) is 0 Å². The fraction of sp³-hybridized carbons (Fsp3) is 0.0811. The van der Waals surface area contributed by atoms with E-state index in [1.807, 2.05) is 97.9 Å². The summed E-state index contributed by atoms with van der Waals surface area (Å²) in [6.45, 7) is 1.94. The van der Waals surface area contributed by atoms with Crippen molar-refractivity contribution in [3.05, 3.63) is 172 Å². The zero-order valence-electron chi connectivity index (χ0n) is 23.5. The largest absolute Gasteiger partial charge is 0.497 e. The molecule has 1 atom stereocenters. The third-order valence-corrected chi connectivity index (χ3v) is 9.01. The summed E-state index contributed by atoms with van der Waals surface area (Å²) >= 11 is 0. The first kappa shape index (κ1) is 27.5. The lowest BCUT2D eigenvalue weighted by Crippen LogP contribution is -2.29. The van der Waals surface area contributed by atoms with E-state index in [1.54, 1.807) is 19.2 Å². The summed E-state index contributed by atoms with van der Waals surface area (Å²) in [5.41, 5.74) is 8.72. The van der Waals surface area contributed by atoms with Gasteiger partial charge in [0.05, 0.1) is 18.0 Å². The zero-order chi connectivity index (χ0) is 29.1. The summed E-state index contributed by atoms with van der Waals surface area (Å²) < 4.78 is 36.4. The fourth-order valence-corrected chi connectivity index (χ4v) is 6.68. The second-order valence-electron chi connectivity index (χ2n) is 10.3. The van der Waals surface area contributed by atoms with Gasteiger partial charge in [0.2, 0.25) is 10.0 Å². The Balaban J connectivity index is 1.63. The van der Waals surface area contributed by atoms with Crippen LogP contribution in [-0.2, 0) is 10.0 Å². The van der Waals surface area contributed by atoms with Crippen LogP contribution in [0.3, 0.4) is 0 Å². The minimum absolute atomic E-state index is 0.233. The van der Waals surface area contributed by atoms with Gasteiger partial charge in [-0.05, 0) is 81.8 Å². The van der Waals surface area contributed by atoms with Crippen molar-refractivity contribution in [3.8, 4) is 5.75 Å². The van der Waals surface area contributed by atoms with Crippen LogP contribution in [0.4, 0.5) is 0 Å². The molecule has 0 saturated heterocycles. The van der Waals surface area contributed by atoms with Gasteiger partial charge in [0, 0.05) is 0 Å². The van der Waals surface area contributed by atoms with E-state index in [-0.39, 0.29) is 4.90 Å². The topological polar surface area (TPSA) is 55.4 Å². The molecular weight excluding hydrogens is 538 g/mol. The number of ether oxygens (including phenoxy) is 1. The van der Waals surface area contributed by atoms with Crippen LogP contribution in [0.2, 0.25) is 0 Å². The van der Waals surface area contributed by atoms with Gasteiger partial charge >= 0.3 is 0 Å². The van der Waals surface area contributed by atoms with Crippen molar-refractivity contribution < 1.29 is 13.2 Å². The molecule has 5 aromatic rings. The number of rotatable bonds is 8.